The maximum Gasteiger partial charge on any atom is 0.303 e. The molecule has 0 saturated heterocycles. The van der Waals surface area contributed by atoms with Crippen molar-refractivity contribution in [2.45, 2.75) is 40.5 Å². The zero-order chi connectivity index (χ0) is 18.6. The van der Waals surface area contributed by atoms with E-state index in [4.69, 9.17) is 5.11 Å². The van der Waals surface area contributed by atoms with Crippen LogP contribution < -0.4 is 0 Å². The Morgan fingerprint density at radius 3 is 2.24 bits per heavy atom. The highest BCUT2D eigenvalue weighted by Crippen LogP contribution is 2.20. The highest BCUT2D eigenvalue weighted by Gasteiger charge is 2.15. The third-order valence-corrected chi connectivity index (χ3v) is 4.44. The summed E-state index contributed by atoms with van der Waals surface area (Å²) in [4.78, 5) is 25.0. The molecule has 1 aromatic carbocycles. The van der Waals surface area contributed by atoms with Crippen molar-refractivity contribution in [1.82, 2.24) is 14.7 Å². The Bertz CT molecular complexity index is 759. The molecule has 0 aliphatic carbocycles. The lowest BCUT2D eigenvalue weighted by Gasteiger charge is -2.18. The van der Waals surface area contributed by atoms with Crippen molar-refractivity contribution in [3.63, 3.8) is 0 Å². The Balaban J connectivity index is 2.27. The number of rotatable bonds is 7. The summed E-state index contributed by atoms with van der Waals surface area (Å²) in [5.41, 5.74) is 4.24. The van der Waals surface area contributed by atoms with Gasteiger partial charge in [-0.3, -0.25) is 9.59 Å². The maximum atomic E-state index is 12.4. The lowest BCUT2D eigenvalue weighted by atomic mass is 10.1. The number of aryl methyl sites for hydroxylation is 1. The predicted molar refractivity (Wildman–Crippen MR) is 96.2 cm³/mol. The SMILES string of the molecule is CCN(CC)C(=O)c1ccc(-n2nc(C)c(CCC(=O)O)c2C)cc1. The number of carboxylic acid groups (broad SMARTS) is 1. The molecule has 1 amide bonds. The molecule has 0 radical (unpaired) electrons. The van der Waals surface area contributed by atoms with Crippen LogP contribution in [-0.2, 0) is 11.2 Å². The highest BCUT2D eigenvalue weighted by atomic mass is 16.4. The molecule has 1 N–H and O–H groups in total. The molecule has 0 spiro atoms. The summed E-state index contributed by atoms with van der Waals surface area (Å²) in [5, 5.41) is 13.4. The molecule has 0 saturated carbocycles. The lowest BCUT2D eigenvalue weighted by molar-refractivity contribution is -0.136. The summed E-state index contributed by atoms with van der Waals surface area (Å²) in [7, 11) is 0. The molecule has 2 rings (SSSR count). The van der Waals surface area contributed by atoms with E-state index in [1.165, 1.54) is 0 Å². The van der Waals surface area contributed by atoms with Crippen molar-refractivity contribution in [2.24, 2.45) is 0 Å². The topological polar surface area (TPSA) is 75.4 Å². The van der Waals surface area contributed by atoms with E-state index in [9.17, 15) is 9.59 Å². The predicted octanol–water partition coefficient (Wildman–Crippen LogP) is 2.99. The third kappa shape index (κ3) is 4.07. The van der Waals surface area contributed by atoms with Gasteiger partial charge in [-0.2, -0.15) is 5.10 Å². The van der Waals surface area contributed by atoms with E-state index in [0.29, 0.717) is 25.1 Å². The average Bonchev–Trinajstić information content (AvgIpc) is 2.88. The van der Waals surface area contributed by atoms with Gasteiger partial charge in [-0.1, -0.05) is 0 Å². The molecule has 6 heteroatoms. The molecule has 0 fully saturated rings. The smallest absolute Gasteiger partial charge is 0.303 e. The molecule has 134 valence electrons. The normalized spacial score (nSPS) is 10.7. The molecular formula is C19H25N3O3. The summed E-state index contributed by atoms with van der Waals surface area (Å²) in [6, 6.07) is 7.36. The van der Waals surface area contributed by atoms with Gasteiger partial charge in [-0.15, -0.1) is 0 Å². The van der Waals surface area contributed by atoms with Gasteiger partial charge in [0, 0.05) is 30.8 Å². The zero-order valence-electron chi connectivity index (χ0n) is 15.2. The van der Waals surface area contributed by atoms with Gasteiger partial charge in [-0.25, -0.2) is 4.68 Å². The fourth-order valence-electron chi connectivity index (χ4n) is 2.96. The monoisotopic (exact) mass is 343 g/mol. The number of aliphatic carboxylic acids is 1. The highest BCUT2D eigenvalue weighted by molar-refractivity contribution is 5.94. The van der Waals surface area contributed by atoms with E-state index in [0.717, 1.165) is 22.6 Å². The summed E-state index contributed by atoms with van der Waals surface area (Å²) >= 11 is 0. The molecule has 0 bridgehead atoms. The molecule has 2 aromatic rings. The molecule has 0 unspecified atom stereocenters. The molecule has 0 atom stereocenters. The van der Waals surface area contributed by atoms with E-state index < -0.39 is 5.97 Å². The Labute approximate surface area is 148 Å². The van der Waals surface area contributed by atoms with Crippen molar-refractivity contribution >= 4 is 11.9 Å². The second-order valence-electron chi connectivity index (χ2n) is 5.98. The number of carbonyl (C=O) groups excluding carboxylic acids is 1. The zero-order valence-corrected chi connectivity index (χ0v) is 15.2. The van der Waals surface area contributed by atoms with Crippen molar-refractivity contribution in [3.05, 3.63) is 46.8 Å². The summed E-state index contributed by atoms with van der Waals surface area (Å²) in [6.07, 6.45) is 0.552. The van der Waals surface area contributed by atoms with Gasteiger partial charge in [0.05, 0.1) is 11.4 Å². The van der Waals surface area contributed by atoms with Crippen LogP contribution in [0.3, 0.4) is 0 Å². The van der Waals surface area contributed by atoms with E-state index in [1.807, 2.05) is 52.0 Å². The fraction of sp³-hybridized carbons (Fsp3) is 0.421. The van der Waals surface area contributed by atoms with Gasteiger partial charge in [0.25, 0.3) is 5.91 Å². The minimum absolute atomic E-state index is 0.0204. The number of hydrogen-bond acceptors (Lipinski definition) is 3. The van der Waals surface area contributed by atoms with Gasteiger partial charge in [-0.05, 0) is 63.9 Å². The first-order chi connectivity index (χ1) is 11.9. The van der Waals surface area contributed by atoms with Crippen LogP contribution in [0.15, 0.2) is 24.3 Å². The number of nitrogens with zero attached hydrogens (tertiary/aromatic N) is 3. The number of aromatic nitrogens is 2. The number of benzene rings is 1. The second-order valence-corrected chi connectivity index (χ2v) is 5.98. The van der Waals surface area contributed by atoms with Crippen LogP contribution in [0.4, 0.5) is 0 Å². The van der Waals surface area contributed by atoms with Gasteiger partial charge in [0.15, 0.2) is 0 Å². The van der Waals surface area contributed by atoms with Crippen LogP contribution in [0.25, 0.3) is 5.69 Å². The van der Waals surface area contributed by atoms with Crippen molar-refractivity contribution in [2.75, 3.05) is 13.1 Å². The Morgan fingerprint density at radius 2 is 1.72 bits per heavy atom. The van der Waals surface area contributed by atoms with E-state index >= 15 is 0 Å². The van der Waals surface area contributed by atoms with Crippen molar-refractivity contribution in [1.29, 1.82) is 0 Å². The van der Waals surface area contributed by atoms with Gasteiger partial charge in [0.1, 0.15) is 0 Å². The largest absolute Gasteiger partial charge is 0.481 e. The van der Waals surface area contributed by atoms with Gasteiger partial charge >= 0.3 is 5.97 Å². The van der Waals surface area contributed by atoms with E-state index in [2.05, 4.69) is 5.10 Å². The summed E-state index contributed by atoms with van der Waals surface area (Å²) in [5.74, 6) is -0.794. The van der Waals surface area contributed by atoms with E-state index in [1.54, 1.807) is 9.58 Å². The Kier molecular flexibility index (Phi) is 5.96. The Hall–Kier alpha value is -2.63. The first kappa shape index (κ1) is 18.7. The average molecular weight is 343 g/mol. The fourth-order valence-corrected chi connectivity index (χ4v) is 2.96. The summed E-state index contributed by atoms with van der Waals surface area (Å²) < 4.78 is 1.80. The number of hydrogen-bond donors (Lipinski definition) is 1. The number of carboxylic acids is 1. The Morgan fingerprint density at radius 1 is 1.12 bits per heavy atom. The van der Waals surface area contributed by atoms with Crippen LogP contribution in [0.1, 0.15) is 47.6 Å². The molecule has 1 aromatic heterocycles. The van der Waals surface area contributed by atoms with Crippen molar-refractivity contribution < 1.29 is 14.7 Å². The summed E-state index contributed by atoms with van der Waals surface area (Å²) in [6.45, 7) is 9.11. The van der Waals surface area contributed by atoms with Crippen LogP contribution in [-0.4, -0.2) is 44.8 Å². The molecule has 0 aliphatic heterocycles. The lowest BCUT2D eigenvalue weighted by Crippen LogP contribution is -2.30. The number of carbonyl (C=O) groups is 2. The molecule has 1 heterocycles. The molecular weight excluding hydrogens is 318 g/mol. The second kappa shape index (κ2) is 7.96. The molecule has 0 aliphatic rings. The number of amides is 1. The van der Waals surface area contributed by atoms with E-state index in [-0.39, 0.29) is 12.3 Å². The van der Waals surface area contributed by atoms with Crippen LogP contribution in [0, 0.1) is 13.8 Å². The molecule has 25 heavy (non-hydrogen) atoms. The minimum Gasteiger partial charge on any atom is -0.481 e. The van der Waals surface area contributed by atoms with Crippen LogP contribution >= 0.6 is 0 Å². The standard InChI is InChI=1S/C19H25N3O3/c1-5-21(6-2)19(25)15-7-9-16(10-8-15)22-14(4)17(13(3)20-22)11-12-18(23)24/h7-10H,5-6,11-12H2,1-4H3,(H,23,24). The van der Waals surface area contributed by atoms with Gasteiger partial charge < -0.3 is 10.0 Å². The van der Waals surface area contributed by atoms with Crippen LogP contribution in [0.5, 0.6) is 0 Å². The third-order valence-electron chi connectivity index (χ3n) is 4.44. The first-order valence-electron chi connectivity index (χ1n) is 8.55. The minimum atomic E-state index is -0.814. The first-order valence-corrected chi connectivity index (χ1v) is 8.55. The molecule has 6 nitrogen and oxygen atoms in total. The van der Waals surface area contributed by atoms with Crippen molar-refractivity contribution in [3.8, 4) is 5.69 Å². The van der Waals surface area contributed by atoms with Gasteiger partial charge in [0.2, 0.25) is 0 Å². The maximum absolute atomic E-state index is 12.4. The quantitative estimate of drug-likeness (QED) is 0.838. The van der Waals surface area contributed by atoms with Crippen LogP contribution in [0.2, 0.25) is 0 Å².